The highest BCUT2D eigenvalue weighted by Crippen LogP contribution is 2.19. The number of esters is 1. The van der Waals surface area contributed by atoms with E-state index in [-0.39, 0.29) is 17.4 Å². The van der Waals surface area contributed by atoms with Crippen LogP contribution in [0.2, 0.25) is 0 Å². The summed E-state index contributed by atoms with van der Waals surface area (Å²) in [7, 11) is 0.876. The zero-order valence-corrected chi connectivity index (χ0v) is 13.0. The highest BCUT2D eigenvalue weighted by Gasteiger charge is 2.17. The summed E-state index contributed by atoms with van der Waals surface area (Å²) in [6, 6.07) is 6.43. The molecule has 0 fully saturated rings. The van der Waals surface area contributed by atoms with E-state index in [0.717, 1.165) is 9.99 Å². The van der Waals surface area contributed by atoms with Crippen LogP contribution in [0.3, 0.4) is 0 Å². The fraction of sp³-hybridized carbons (Fsp3) is 0.462. The van der Waals surface area contributed by atoms with Gasteiger partial charge < -0.3 is 9.64 Å². The van der Waals surface area contributed by atoms with Crippen molar-refractivity contribution in [3.63, 3.8) is 0 Å². The minimum atomic E-state index is -3.43. The monoisotopic (exact) mass is 300 g/mol. The second-order valence-corrected chi connectivity index (χ2v) is 6.52. The zero-order valence-electron chi connectivity index (χ0n) is 12.2. The van der Waals surface area contributed by atoms with Crippen molar-refractivity contribution >= 4 is 21.7 Å². The second kappa shape index (κ2) is 6.71. The Kier molecular flexibility index (Phi) is 5.52. The van der Waals surface area contributed by atoms with Crippen LogP contribution in [0.4, 0.5) is 5.69 Å². The van der Waals surface area contributed by atoms with Crippen LogP contribution < -0.4 is 4.90 Å². The molecule has 0 saturated heterocycles. The van der Waals surface area contributed by atoms with E-state index in [2.05, 4.69) is 4.74 Å². The maximum absolute atomic E-state index is 11.9. The number of rotatable bonds is 6. The molecular formula is C13H20N2O4S. The van der Waals surface area contributed by atoms with E-state index in [9.17, 15) is 13.2 Å². The Hall–Kier alpha value is -1.60. The van der Waals surface area contributed by atoms with Gasteiger partial charge in [-0.3, -0.25) is 4.79 Å². The van der Waals surface area contributed by atoms with Gasteiger partial charge in [0.15, 0.2) is 0 Å². The standard InChI is InChI=1S/C13H20N2O4S/c1-5-15(10-13(16)19-4)11-6-8-12(9-7-11)20(17,18)14(2)3/h6-9H,5,10H2,1-4H3. The lowest BCUT2D eigenvalue weighted by Crippen LogP contribution is -2.30. The Morgan fingerprint density at radius 3 is 2.15 bits per heavy atom. The largest absolute Gasteiger partial charge is 0.468 e. The number of sulfonamides is 1. The van der Waals surface area contributed by atoms with E-state index in [1.165, 1.54) is 33.3 Å². The molecule has 0 atom stereocenters. The molecule has 0 heterocycles. The summed E-state index contributed by atoms with van der Waals surface area (Å²) in [5.74, 6) is -0.336. The number of carbonyl (C=O) groups excluding carboxylic acids is 1. The molecule has 1 rings (SSSR count). The smallest absolute Gasteiger partial charge is 0.325 e. The van der Waals surface area contributed by atoms with E-state index in [1.807, 2.05) is 6.92 Å². The van der Waals surface area contributed by atoms with Gasteiger partial charge in [-0.15, -0.1) is 0 Å². The molecule has 112 valence electrons. The Morgan fingerprint density at radius 1 is 1.20 bits per heavy atom. The molecule has 1 aromatic carbocycles. The molecule has 0 aromatic heterocycles. The lowest BCUT2D eigenvalue weighted by molar-refractivity contribution is -0.138. The maximum atomic E-state index is 11.9. The first kappa shape index (κ1) is 16.5. The Bertz CT molecular complexity index is 552. The molecule has 0 aliphatic rings. The van der Waals surface area contributed by atoms with Gasteiger partial charge in [0.05, 0.1) is 12.0 Å². The molecule has 0 aliphatic heterocycles. The minimum Gasteiger partial charge on any atom is -0.468 e. The number of hydrogen-bond acceptors (Lipinski definition) is 5. The first-order chi connectivity index (χ1) is 9.32. The van der Waals surface area contributed by atoms with Gasteiger partial charge in [-0.2, -0.15) is 0 Å². The van der Waals surface area contributed by atoms with Crippen molar-refractivity contribution in [1.29, 1.82) is 0 Å². The summed E-state index contributed by atoms with van der Waals surface area (Å²) in [5, 5.41) is 0. The Morgan fingerprint density at radius 2 is 1.75 bits per heavy atom. The molecule has 1 aromatic rings. The van der Waals surface area contributed by atoms with Crippen LogP contribution in [-0.2, 0) is 19.6 Å². The van der Waals surface area contributed by atoms with Gasteiger partial charge in [0, 0.05) is 26.3 Å². The zero-order chi connectivity index (χ0) is 15.3. The highest BCUT2D eigenvalue weighted by atomic mass is 32.2. The van der Waals surface area contributed by atoms with Crippen molar-refractivity contribution < 1.29 is 17.9 Å². The number of ether oxygens (including phenoxy) is 1. The van der Waals surface area contributed by atoms with Gasteiger partial charge in [0.25, 0.3) is 0 Å². The highest BCUT2D eigenvalue weighted by molar-refractivity contribution is 7.89. The molecule has 0 N–H and O–H groups in total. The third-order valence-electron chi connectivity index (χ3n) is 2.91. The van der Waals surface area contributed by atoms with Gasteiger partial charge in [-0.05, 0) is 31.2 Å². The van der Waals surface area contributed by atoms with E-state index < -0.39 is 10.0 Å². The Labute approximate surface area is 120 Å². The molecule has 20 heavy (non-hydrogen) atoms. The summed E-state index contributed by atoms with van der Waals surface area (Å²) in [6.45, 7) is 2.66. The van der Waals surface area contributed by atoms with Crippen molar-refractivity contribution in [2.45, 2.75) is 11.8 Å². The van der Waals surface area contributed by atoms with E-state index in [1.54, 1.807) is 17.0 Å². The second-order valence-electron chi connectivity index (χ2n) is 4.37. The van der Waals surface area contributed by atoms with Gasteiger partial charge in [0.2, 0.25) is 10.0 Å². The van der Waals surface area contributed by atoms with Crippen LogP contribution in [0.5, 0.6) is 0 Å². The molecular weight excluding hydrogens is 280 g/mol. The van der Waals surface area contributed by atoms with Gasteiger partial charge in [-0.25, -0.2) is 12.7 Å². The molecule has 0 aliphatic carbocycles. The van der Waals surface area contributed by atoms with Gasteiger partial charge in [0.1, 0.15) is 6.54 Å². The fourth-order valence-electron chi connectivity index (χ4n) is 1.65. The number of benzene rings is 1. The lowest BCUT2D eigenvalue weighted by atomic mass is 10.3. The topological polar surface area (TPSA) is 66.9 Å². The number of methoxy groups -OCH3 is 1. The van der Waals surface area contributed by atoms with E-state index >= 15 is 0 Å². The summed E-state index contributed by atoms with van der Waals surface area (Å²) >= 11 is 0. The summed E-state index contributed by atoms with van der Waals surface area (Å²) < 4.78 is 29.7. The summed E-state index contributed by atoms with van der Waals surface area (Å²) in [4.78, 5) is 13.3. The van der Waals surface area contributed by atoms with E-state index in [0.29, 0.717) is 6.54 Å². The summed E-state index contributed by atoms with van der Waals surface area (Å²) in [5.41, 5.74) is 0.774. The average Bonchev–Trinajstić information content (AvgIpc) is 2.44. The SMILES string of the molecule is CCN(CC(=O)OC)c1ccc(S(=O)(=O)N(C)C)cc1. The molecule has 6 nitrogen and oxygen atoms in total. The average molecular weight is 300 g/mol. The molecule has 0 amide bonds. The van der Waals surface area contributed by atoms with Crippen LogP contribution in [0.25, 0.3) is 0 Å². The van der Waals surface area contributed by atoms with Crippen molar-refractivity contribution in [3.05, 3.63) is 24.3 Å². The fourth-order valence-corrected chi connectivity index (χ4v) is 2.55. The quantitative estimate of drug-likeness (QED) is 0.731. The van der Waals surface area contributed by atoms with Crippen molar-refractivity contribution in [2.24, 2.45) is 0 Å². The number of likely N-dealkylation sites (N-methyl/N-ethyl adjacent to an activating group) is 1. The minimum absolute atomic E-state index is 0.132. The van der Waals surface area contributed by atoms with Crippen molar-refractivity contribution in [2.75, 3.05) is 39.2 Å². The first-order valence-electron chi connectivity index (χ1n) is 6.17. The molecule has 0 spiro atoms. The molecule has 0 radical (unpaired) electrons. The number of hydrogen-bond donors (Lipinski definition) is 0. The summed E-state index contributed by atoms with van der Waals surface area (Å²) in [6.07, 6.45) is 0. The number of nitrogens with zero attached hydrogens (tertiary/aromatic N) is 2. The van der Waals surface area contributed by atoms with Gasteiger partial charge in [-0.1, -0.05) is 0 Å². The number of anilines is 1. The van der Waals surface area contributed by atoms with Crippen LogP contribution in [0.1, 0.15) is 6.92 Å². The third kappa shape index (κ3) is 3.71. The van der Waals surface area contributed by atoms with Crippen LogP contribution in [0, 0.1) is 0 Å². The van der Waals surface area contributed by atoms with Crippen LogP contribution in [0.15, 0.2) is 29.2 Å². The van der Waals surface area contributed by atoms with Gasteiger partial charge >= 0.3 is 5.97 Å². The predicted molar refractivity (Wildman–Crippen MR) is 77.2 cm³/mol. The lowest BCUT2D eigenvalue weighted by Gasteiger charge is -2.22. The van der Waals surface area contributed by atoms with Crippen molar-refractivity contribution in [1.82, 2.24) is 4.31 Å². The van der Waals surface area contributed by atoms with Crippen molar-refractivity contribution in [3.8, 4) is 0 Å². The first-order valence-corrected chi connectivity index (χ1v) is 7.61. The molecule has 0 bridgehead atoms. The van der Waals surface area contributed by atoms with Crippen LogP contribution >= 0.6 is 0 Å². The third-order valence-corrected chi connectivity index (χ3v) is 4.74. The Balaban J connectivity index is 2.98. The number of carbonyl (C=O) groups is 1. The van der Waals surface area contributed by atoms with Crippen LogP contribution in [-0.4, -0.2) is 53.0 Å². The predicted octanol–water partition coefficient (Wildman–Crippen LogP) is 0.936. The molecule has 0 saturated carbocycles. The van der Waals surface area contributed by atoms with E-state index in [4.69, 9.17) is 0 Å². The molecule has 0 unspecified atom stereocenters. The maximum Gasteiger partial charge on any atom is 0.325 e. The normalized spacial score (nSPS) is 11.4. The molecule has 7 heteroatoms.